The predicted octanol–water partition coefficient (Wildman–Crippen LogP) is 2.45. The molecule has 1 aromatic rings. The summed E-state index contributed by atoms with van der Waals surface area (Å²) in [5.41, 5.74) is 1.44. The van der Waals surface area contributed by atoms with Crippen LogP contribution in [0.3, 0.4) is 0 Å². The Labute approximate surface area is 119 Å². The van der Waals surface area contributed by atoms with Gasteiger partial charge in [0.1, 0.15) is 0 Å². The van der Waals surface area contributed by atoms with Crippen molar-refractivity contribution in [2.24, 2.45) is 0 Å². The zero-order valence-electron chi connectivity index (χ0n) is 11.6. The van der Waals surface area contributed by atoms with Gasteiger partial charge in [0.25, 0.3) is 5.91 Å². The Balaban J connectivity index is 1.80. The van der Waals surface area contributed by atoms with Gasteiger partial charge in [0.05, 0.1) is 4.88 Å². The Morgan fingerprint density at radius 2 is 2.21 bits per heavy atom. The summed E-state index contributed by atoms with van der Waals surface area (Å²) in [5.74, 6) is 0.243. The van der Waals surface area contributed by atoms with Crippen LogP contribution in [-0.4, -0.2) is 36.5 Å². The predicted molar refractivity (Wildman–Crippen MR) is 78.9 cm³/mol. The summed E-state index contributed by atoms with van der Waals surface area (Å²) in [4.78, 5) is 17.1. The van der Waals surface area contributed by atoms with Gasteiger partial charge >= 0.3 is 0 Å². The van der Waals surface area contributed by atoms with Crippen LogP contribution in [0.1, 0.15) is 46.3 Å². The van der Waals surface area contributed by atoms with E-state index in [1.165, 1.54) is 36.1 Å². The van der Waals surface area contributed by atoms with Gasteiger partial charge in [-0.3, -0.25) is 4.79 Å². The van der Waals surface area contributed by atoms with Crippen molar-refractivity contribution >= 4 is 17.2 Å². The van der Waals surface area contributed by atoms with E-state index in [0.717, 1.165) is 30.9 Å². The Kier molecular flexibility index (Phi) is 3.89. The highest BCUT2D eigenvalue weighted by Crippen LogP contribution is 2.30. The Hall–Kier alpha value is -0.870. The summed E-state index contributed by atoms with van der Waals surface area (Å²) >= 11 is 1.74. The molecule has 3 rings (SSSR count). The second-order valence-corrected chi connectivity index (χ2v) is 6.81. The molecule has 1 aliphatic heterocycles. The highest BCUT2D eigenvalue weighted by atomic mass is 32.1. The molecular formula is C15H22N2OS. The van der Waals surface area contributed by atoms with Gasteiger partial charge in [0.15, 0.2) is 0 Å². The molecule has 1 fully saturated rings. The maximum Gasteiger partial charge on any atom is 0.264 e. The molecule has 0 aromatic carbocycles. The molecule has 1 saturated heterocycles. The van der Waals surface area contributed by atoms with Crippen LogP contribution in [0.4, 0.5) is 0 Å². The van der Waals surface area contributed by atoms with E-state index in [0.29, 0.717) is 6.04 Å². The molecule has 4 heteroatoms. The SMILES string of the molecule is C[C@H]1CNCCN1C(=O)c1cc2c(s1)CCCCC2. The molecule has 2 aliphatic rings. The van der Waals surface area contributed by atoms with Crippen molar-refractivity contribution in [1.29, 1.82) is 0 Å². The molecule has 0 bridgehead atoms. The molecule has 1 amide bonds. The van der Waals surface area contributed by atoms with Crippen molar-refractivity contribution in [2.45, 2.75) is 45.1 Å². The van der Waals surface area contributed by atoms with Gasteiger partial charge < -0.3 is 10.2 Å². The summed E-state index contributed by atoms with van der Waals surface area (Å²) in [5, 5.41) is 3.34. The normalized spacial score (nSPS) is 23.8. The van der Waals surface area contributed by atoms with E-state index in [1.807, 2.05) is 4.90 Å². The fourth-order valence-corrected chi connectivity index (χ4v) is 4.27. The number of thiophene rings is 1. The Morgan fingerprint density at radius 1 is 1.37 bits per heavy atom. The maximum atomic E-state index is 12.6. The van der Waals surface area contributed by atoms with Crippen molar-refractivity contribution in [1.82, 2.24) is 10.2 Å². The minimum absolute atomic E-state index is 0.243. The van der Waals surface area contributed by atoms with Gasteiger partial charge in [-0.05, 0) is 44.2 Å². The van der Waals surface area contributed by atoms with E-state index >= 15 is 0 Å². The van der Waals surface area contributed by atoms with Gasteiger partial charge in [-0.1, -0.05) is 6.42 Å². The first-order chi connectivity index (χ1) is 9.25. The van der Waals surface area contributed by atoms with Crippen LogP contribution in [-0.2, 0) is 12.8 Å². The zero-order chi connectivity index (χ0) is 13.2. The number of piperazine rings is 1. The van der Waals surface area contributed by atoms with Crippen molar-refractivity contribution in [3.05, 3.63) is 21.4 Å². The number of nitrogens with one attached hydrogen (secondary N) is 1. The number of carbonyl (C=O) groups excluding carboxylic acids is 1. The van der Waals surface area contributed by atoms with E-state index in [2.05, 4.69) is 18.3 Å². The van der Waals surface area contributed by atoms with E-state index in [9.17, 15) is 4.79 Å². The molecule has 0 spiro atoms. The lowest BCUT2D eigenvalue weighted by atomic mass is 10.1. The lowest BCUT2D eigenvalue weighted by molar-refractivity contribution is 0.0660. The van der Waals surface area contributed by atoms with E-state index in [1.54, 1.807) is 11.3 Å². The largest absolute Gasteiger partial charge is 0.333 e. The minimum Gasteiger partial charge on any atom is -0.333 e. The van der Waals surface area contributed by atoms with Crippen LogP contribution in [0, 0.1) is 0 Å². The molecule has 104 valence electrons. The third kappa shape index (κ3) is 2.70. The lowest BCUT2D eigenvalue weighted by Gasteiger charge is -2.33. The third-order valence-electron chi connectivity index (χ3n) is 4.22. The van der Waals surface area contributed by atoms with E-state index in [-0.39, 0.29) is 5.91 Å². The summed E-state index contributed by atoms with van der Waals surface area (Å²) in [6, 6.07) is 2.48. The van der Waals surface area contributed by atoms with Gasteiger partial charge in [0, 0.05) is 30.6 Å². The smallest absolute Gasteiger partial charge is 0.264 e. The van der Waals surface area contributed by atoms with Gasteiger partial charge in [-0.25, -0.2) is 0 Å². The lowest BCUT2D eigenvalue weighted by Crippen LogP contribution is -2.52. The molecule has 0 radical (unpaired) electrons. The second kappa shape index (κ2) is 5.63. The maximum absolute atomic E-state index is 12.6. The highest BCUT2D eigenvalue weighted by Gasteiger charge is 2.26. The molecule has 3 nitrogen and oxygen atoms in total. The fraction of sp³-hybridized carbons (Fsp3) is 0.667. The third-order valence-corrected chi connectivity index (χ3v) is 5.44. The van der Waals surface area contributed by atoms with Crippen molar-refractivity contribution in [3.63, 3.8) is 0 Å². The van der Waals surface area contributed by atoms with Crippen LogP contribution in [0.2, 0.25) is 0 Å². The first kappa shape index (κ1) is 13.1. The number of carbonyl (C=O) groups is 1. The molecule has 0 unspecified atom stereocenters. The van der Waals surface area contributed by atoms with Gasteiger partial charge in [0.2, 0.25) is 0 Å². The topological polar surface area (TPSA) is 32.3 Å². The van der Waals surface area contributed by atoms with Crippen LogP contribution in [0.25, 0.3) is 0 Å². The molecule has 19 heavy (non-hydrogen) atoms. The van der Waals surface area contributed by atoms with E-state index < -0.39 is 0 Å². The first-order valence-corrected chi connectivity index (χ1v) is 8.20. The number of hydrogen-bond acceptors (Lipinski definition) is 3. The number of amides is 1. The van der Waals surface area contributed by atoms with Crippen molar-refractivity contribution < 1.29 is 4.79 Å². The summed E-state index contributed by atoms with van der Waals surface area (Å²) in [7, 11) is 0. The molecular weight excluding hydrogens is 256 g/mol. The van der Waals surface area contributed by atoms with Crippen LogP contribution in [0.15, 0.2) is 6.07 Å². The number of hydrogen-bond donors (Lipinski definition) is 1. The number of rotatable bonds is 1. The monoisotopic (exact) mass is 278 g/mol. The Morgan fingerprint density at radius 3 is 3.05 bits per heavy atom. The number of fused-ring (bicyclic) bond motifs is 1. The van der Waals surface area contributed by atoms with Crippen molar-refractivity contribution in [3.8, 4) is 0 Å². The van der Waals surface area contributed by atoms with Crippen molar-refractivity contribution in [2.75, 3.05) is 19.6 Å². The molecule has 0 saturated carbocycles. The van der Waals surface area contributed by atoms with Gasteiger partial charge in [-0.15, -0.1) is 11.3 Å². The average molecular weight is 278 g/mol. The van der Waals surface area contributed by atoms with Crippen LogP contribution >= 0.6 is 11.3 Å². The summed E-state index contributed by atoms with van der Waals surface area (Å²) in [6.07, 6.45) is 6.23. The fourth-order valence-electron chi connectivity index (χ4n) is 3.06. The number of aryl methyl sites for hydroxylation is 2. The minimum atomic E-state index is 0.243. The standard InChI is InChI=1S/C15H22N2OS/c1-11-10-16-7-8-17(11)15(18)14-9-12-5-3-2-4-6-13(12)19-14/h9,11,16H,2-8,10H2,1H3/t11-/m0/s1. The van der Waals surface area contributed by atoms with Gasteiger partial charge in [-0.2, -0.15) is 0 Å². The molecule has 1 aromatic heterocycles. The molecule has 1 N–H and O–H groups in total. The number of nitrogens with zero attached hydrogens (tertiary/aromatic N) is 1. The molecule has 1 atom stereocenters. The highest BCUT2D eigenvalue weighted by molar-refractivity contribution is 7.14. The summed E-state index contributed by atoms with van der Waals surface area (Å²) < 4.78 is 0. The summed E-state index contributed by atoms with van der Waals surface area (Å²) in [6.45, 7) is 4.79. The molecule has 1 aliphatic carbocycles. The molecule has 2 heterocycles. The van der Waals surface area contributed by atoms with Crippen LogP contribution in [0.5, 0.6) is 0 Å². The van der Waals surface area contributed by atoms with Crippen LogP contribution < -0.4 is 5.32 Å². The quantitative estimate of drug-likeness (QED) is 0.800. The van der Waals surface area contributed by atoms with E-state index in [4.69, 9.17) is 0 Å². The Bertz CT molecular complexity index is 445. The first-order valence-electron chi connectivity index (χ1n) is 7.39. The average Bonchev–Trinajstić information content (AvgIpc) is 2.70. The zero-order valence-corrected chi connectivity index (χ0v) is 12.4. The second-order valence-electron chi connectivity index (χ2n) is 5.67.